The third kappa shape index (κ3) is 4.51. The van der Waals surface area contributed by atoms with Gasteiger partial charge in [-0.05, 0) is 81.1 Å². The second-order valence-corrected chi connectivity index (χ2v) is 10.7. The van der Waals surface area contributed by atoms with Crippen LogP contribution in [0.3, 0.4) is 0 Å². The molecule has 3 rings (SSSR count). The van der Waals surface area contributed by atoms with Crippen molar-refractivity contribution in [1.29, 1.82) is 0 Å². The molecule has 0 saturated carbocycles. The van der Waals surface area contributed by atoms with Gasteiger partial charge < -0.3 is 4.74 Å². The monoisotopic (exact) mass is 438 g/mol. The fraction of sp³-hybridized carbons (Fsp3) is 0.400. The normalized spacial score (nSPS) is 14.4. The van der Waals surface area contributed by atoms with Gasteiger partial charge >= 0.3 is 0 Å². The minimum absolute atomic E-state index is 0.0257. The fourth-order valence-electron chi connectivity index (χ4n) is 3.39. The number of hydrogen-bond acceptors (Lipinski definition) is 5. The van der Waals surface area contributed by atoms with Crippen LogP contribution in [0.25, 0.3) is 0 Å². The predicted octanol–water partition coefficient (Wildman–Crippen LogP) is 3.30. The zero-order valence-electron chi connectivity index (χ0n) is 16.8. The van der Waals surface area contributed by atoms with Crippen LogP contribution in [-0.2, 0) is 26.5 Å². The number of nitrogens with one attached hydrogen (secondary N) is 1. The fourth-order valence-corrected chi connectivity index (χ4v) is 5.72. The molecule has 0 saturated heterocycles. The summed E-state index contributed by atoms with van der Waals surface area (Å²) in [4.78, 5) is 0.145. The van der Waals surface area contributed by atoms with Crippen molar-refractivity contribution in [3.63, 3.8) is 0 Å². The van der Waals surface area contributed by atoms with E-state index in [1.807, 2.05) is 6.92 Å². The minimum atomic E-state index is -3.78. The number of ether oxygens (including phenoxy) is 1. The Morgan fingerprint density at radius 1 is 1.07 bits per heavy atom. The predicted molar refractivity (Wildman–Crippen MR) is 115 cm³/mol. The van der Waals surface area contributed by atoms with Gasteiger partial charge in [-0.2, -0.15) is 0 Å². The van der Waals surface area contributed by atoms with Crippen molar-refractivity contribution in [3.8, 4) is 5.75 Å². The Morgan fingerprint density at radius 2 is 1.83 bits per heavy atom. The summed E-state index contributed by atoms with van der Waals surface area (Å²) >= 11 is 0. The van der Waals surface area contributed by atoms with Gasteiger partial charge in [0.2, 0.25) is 10.0 Å². The highest BCUT2D eigenvalue weighted by Crippen LogP contribution is 2.32. The molecule has 0 radical (unpaired) electrons. The zero-order chi connectivity index (χ0) is 21.2. The van der Waals surface area contributed by atoms with Crippen molar-refractivity contribution in [3.05, 3.63) is 47.5 Å². The maximum atomic E-state index is 12.8. The summed E-state index contributed by atoms with van der Waals surface area (Å²) in [5.74, 6) is 0.676. The van der Waals surface area contributed by atoms with Crippen LogP contribution in [-0.4, -0.2) is 35.7 Å². The average molecular weight is 439 g/mol. The Morgan fingerprint density at radius 3 is 2.48 bits per heavy atom. The van der Waals surface area contributed by atoms with Gasteiger partial charge in [-0.3, -0.25) is 9.03 Å². The molecule has 0 aromatic heterocycles. The first-order valence-corrected chi connectivity index (χ1v) is 12.7. The summed E-state index contributed by atoms with van der Waals surface area (Å²) in [5.41, 5.74) is 2.58. The van der Waals surface area contributed by atoms with Gasteiger partial charge in [-0.15, -0.1) is 0 Å². The molecule has 0 aliphatic carbocycles. The summed E-state index contributed by atoms with van der Waals surface area (Å²) in [6.07, 6.45) is 1.39. The second-order valence-electron chi connectivity index (χ2n) is 6.89. The number of sulfonamides is 2. The van der Waals surface area contributed by atoms with Crippen molar-refractivity contribution in [2.24, 2.45) is 0 Å². The highest BCUT2D eigenvalue weighted by Gasteiger charge is 2.26. The number of hydrogen-bond donors (Lipinski definition) is 1. The molecule has 2 aromatic rings. The van der Waals surface area contributed by atoms with Crippen LogP contribution in [0.5, 0.6) is 5.75 Å². The first-order chi connectivity index (χ1) is 13.7. The van der Waals surface area contributed by atoms with E-state index in [1.165, 1.54) is 10.4 Å². The highest BCUT2D eigenvalue weighted by atomic mass is 32.2. The first-order valence-electron chi connectivity index (χ1n) is 9.57. The van der Waals surface area contributed by atoms with Crippen molar-refractivity contribution >= 4 is 31.4 Å². The molecular formula is C20H26N2O5S2. The van der Waals surface area contributed by atoms with Crippen LogP contribution in [0.2, 0.25) is 0 Å². The minimum Gasteiger partial charge on any atom is -0.494 e. The molecule has 0 unspecified atom stereocenters. The number of benzene rings is 2. The number of nitrogens with zero attached hydrogens (tertiary/aromatic N) is 1. The molecular weight excluding hydrogens is 412 g/mol. The van der Waals surface area contributed by atoms with E-state index in [4.69, 9.17) is 4.74 Å². The van der Waals surface area contributed by atoms with E-state index in [1.54, 1.807) is 44.2 Å². The second kappa shape index (κ2) is 8.23. The lowest BCUT2D eigenvalue weighted by atomic mass is 10.0. The van der Waals surface area contributed by atoms with E-state index in [9.17, 15) is 16.8 Å². The quantitative estimate of drug-likeness (QED) is 0.716. The van der Waals surface area contributed by atoms with E-state index >= 15 is 0 Å². The molecule has 1 heterocycles. The van der Waals surface area contributed by atoms with E-state index in [0.29, 0.717) is 43.1 Å². The summed E-state index contributed by atoms with van der Waals surface area (Å²) < 4.78 is 59.7. The Kier molecular flexibility index (Phi) is 6.09. The lowest BCUT2D eigenvalue weighted by Gasteiger charge is -2.30. The van der Waals surface area contributed by atoms with Crippen LogP contribution in [0, 0.1) is 6.92 Å². The van der Waals surface area contributed by atoms with E-state index in [0.717, 1.165) is 11.1 Å². The van der Waals surface area contributed by atoms with Crippen molar-refractivity contribution in [2.75, 3.05) is 27.9 Å². The Labute approximate surface area is 172 Å². The summed E-state index contributed by atoms with van der Waals surface area (Å²) in [6.45, 7) is 6.23. The molecule has 1 aliphatic rings. The van der Waals surface area contributed by atoms with Crippen LogP contribution in [0.15, 0.2) is 41.3 Å². The third-order valence-electron chi connectivity index (χ3n) is 4.86. The molecule has 29 heavy (non-hydrogen) atoms. The largest absolute Gasteiger partial charge is 0.494 e. The van der Waals surface area contributed by atoms with Crippen LogP contribution in [0.4, 0.5) is 11.4 Å². The topological polar surface area (TPSA) is 92.8 Å². The molecule has 0 spiro atoms. The maximum Gasteiger partial charge on any atom is 0.261 e. The van der Waals surface area contributed by atoms with Gasteiger partial charge in [0, 0.05) is 12.2 Å². The highest BCUT2D eigenvalue weighted by molar-refractivity contribution is 7.93. The SMILES string of the molecule is CCOc1ccc(S(=O)(=O)Nc2ccc3c(c2)CCCN3S(=O)(=O)CC)cc1C. The molecule has 0 fully saturated rings. The standard InChI is InChI=1S/C20H26N2O5S2/c1-4-27-20-11-9-18(13-15(20)3)29(25,26)21-17-8-10-19-16(14-17)7-6-12-22(19)28(23,24)5-2/h8-11,13-14,21H,4-7,12H2,1-3H3. The van der Waals surface area contributed by atoms with Gasteiger partial charge in [-0.1, -0.05) is 0 Å². The molecule has 2 aromatic carbocycles. The summed E-state index contributed by atoms with van der Waals surface area (Å²) in [5, 5.41) is 0. The van der Waals surface area contributed by atoms with E-state index in [2.05, 4.69) is 4.72 Å². The molecule has 158 valence electrons. The smallest absolute Gasteiger partial charge is 0.261 e. The molecule has 1 N–H and O–H groups in total. The number of anilines is 2. The van der Waals surface area contributed by atoms with Gasteiger partial charge in [0.05, 0.1) is 22.9 Å². The Balaban J connectivity index is 1.88. The lowest BCUT2D eigenvalue weighted by molar-refractivity contribution is 0.337. The average Bonchev–Trinajstić information content (AvgIpc) is 2.68. The molecule has 7 nitrogen and oxygen atoms in total. The lowest BCUT2D eigenvalue weighted by Crippen LogP contribution is -2.36. The summed E-state index contributed by atoms with van der Waals surface area (Å²) in [7, 11) is -7.13. The molecule has 0 amide bonds. The number of fused-ring (bicyclic) bond motifs is 1. The van der Waals surface area contributed by atoms with Gasteiger partial charge in [0.25, 0.3) is 10.0 Å². The van der Waals surface area contributed by atoms with Crippen molar-refractivity contribution in [1.82, 2.24) is 0 Å². The van der Waals surface area contributed by atoms with Crippen LogP contribution in [0.1, 0.15) is 31.4 Å². The zero-order valence-corrected chi connectivity index (χ0v) is 18.4. The Hall–Kier alpha value is -2.26. The molecule has 9 heteroatoms. The third-order valence-corrected chi connectivity index (χ3v) is 8.02. The van der Waals surface area contributed by atoms with Gasteiger partial charge in [-0.25, -0.2) is 16.8 Å². The maximum absolute atomic E-state index is 12.8. The molecule has 0 atom stereocenters. The van der Waals surface area contributed by atoms with Crippen molar-refractivity contribution in [2.45, 2.75) is 38.5 Å². The Bertz CT molecular complexity index is 1110. The van der Waals surface area contributed by atoms with Gasteiger partial charge in [0.15, 0.2) is 0 Å². The molecule has 1 aliphatic heterocycles. The van der Waals surface area contributed by atoms with Gasteiger partial charge in [0.1, 0.15) is 5.75 Å². The van der Waals surface area contributed by atoms with Crippen molar-refractivity contribution < 1.29 is 21.6 Å². The molecule has 0 bridgehead atoms. The van der Waals surface area contributed by atoms with Crippen LogP contribution >= 0.6 is 0 Å². The first kappa shape index (κ1) is 21.4. The van der Waals surface area contributed by atoms with E-state index in [-0.39, 0.29) is 10.6 Å². The number of aryl methyl sites for hydroxylation is 2. The summed E-state index contributed by atoms with van der Waals surface area (Å²) in [6, 6.07) is 9.71. The number of rotatable bonds is 7. The van der Waals surface area contributed by atoms with E-state index < -0.39 is 20.0 Å². The van der Waals surface area contributed by atoms with Crippen LogP contribution < -0.4 is 13.8 Å².